The van der Waals surface area contributed by atoms with Crippen LogP contribution in [0.3, 0.4) is 0 Å². The van der Waals surface area contributed by atoms with E-state index in [1.165, 1.54) is 12.8 Å². The van der Waals surface area contributed by atoms with E-state index in [2.05, 4.69) is 42.0 Å². The number of aryl methyl sites for hydroxylation is 1. The minimum absolute atomic E-state index is 0.0808. The van der Waals surface area contributed by atoms with Crippen molar-refractivity contribution >= 4 is 21.8 Å². The summed E-state index contributed by atoms with van der Waals surface area (Å²) >= 11 is 3.28. The van der Waals surface area contributed by atoms with Crippen molar-refractivity contribution < 1.29 is 9.21 Å². The molecule has 3 atom stereocenters. The summed E-state index contributed by atoms with van der Waals surface area (Å²) in [4.78, 5) is 12.4. The van der Waals surface area contributed by atoms with Crippen molar-refractivity contribution in [2.45, 2.75) is 53.0 Å². The number of furan rings is 1. The number of hydrogen-bond acceptors (Lipinski definition) is 2. The number of fused-ring (bicyclic) bond motifs is 2. The van der Waals surface area contributed by atoms with E-state index in [9.17, 15) is 4.79 Å². The maximum Gasteiger partial charge on any atom is 0.287 e. The zero-order valence-electron chi connectivity index (χ0n) is 12.5. The van der Waals surface area contributed by atoms with E-state index in [0.29, 0.717) is 15.8 Å². The van der Waals surface area contributed by atoms with Crippen molar-refractivity contribution in [2.75, 3.05) is 0 Å². The largest absolute Gasteiger partial charge is 0.444 e. The van der Waals surface area contributed by atoms with Gasteiger partial charge < -0.3 is 9.73 Å². The number of rotatable bonds is 2. The Morgan fingerprint density at radius 2 is 2.15 bits per heavy atom. The van der Waals surface area contributed by atoms with Gasteiger partial charge in [-0.3, -0.25) is 4.79 Å². The van der Waals surface area contributed by atoms with Crippen molar-refractivity contribution in [3.05, 3.63) is 22.1 Å². The molecule has 20 heavy (non-hydrogen) atoms. The van der Waals surface area contributed by atoms with Crippen molar-refractivity contribution in [3.63, 3.8) is 0 Å². The molecule has 0 spiro atoms. The van der Waals surface area contributed by atoms with Gasteiger partial charge in [-0.25, -0.2) is 0 Å². The van der Waals surface area contributed by atoms with Crippen LogP contribution in [0.5, 0.6) is 0 Å². The standard InChI is InChI=1S/C16H22BrNO2/c1-9-7-12(17)20-13(9)14(19)18-11-8-10-5-6-16(11,4)15(10,2)3/h7,10-11H,5-6,8H2,1-4H3,(H,18,19). The van der Waals surface area contributed by atoms with Crippen LogP contribution in [0.1, 0.15) is 56.2 Å². The van der Waals surface area contributed by atoms with Gasteiger partial charge in [0.15, 0.2) is 10.4 Å². The van der Waals surface area contributed by atoms with Crippen LogP contribution in [0.2, 0.25) is 0 Å². The minimum Gasteiger partial charge on any atom is -0.444 e. The molecule has 0 saturated heterocycles. The van der Waals surface area contributed by atoms with Gasteiger partial charge in [-0.05, 0) is 64.9 Å². The van der Waals surface area contributed by atoms with Gasteiger partial charge in [-0.15, -0.1) is 0 Å². The molecule has 1 amide bonds. The lowest BCUT2D eigenvalue weighted by molar-refractivity contribution is 0.0799. The number of carbonyl (C=O) groups excluding carboxylic acids is 1. The van der Waals surface area contributed by atoms with Crippen molar-refractivity contribution in [2.24, 2.45) is 16.7 Å². The van der Waals surface area contributed by atoms with Crippen molar-refractivity contribution in [1.82, 2.24) is 5.32 Å². The zero-order chi connectivity index (χ0) is 14.7. The van der Waals surface area contributed by atoms with Crippen LogP contribution in [0, 0.1) is 23.7 Å². The number of hydrogen-bond donors (Lipinski definition) is 1. The molecule has 2 saturated carbocycles. The maximum atomic E-state index is 12.4. The summed E-state index contributed by atoms with van der Waals surface area (Å²) < 4.78 is 6.07. The second-order valence-electron chi connectivity index (χ2n) is 7.20. The van der Waals surface area contributed by atoms with Gasteiger partial charge >= 0.3 is 0 Å². The Bertz CT molecular complexity index is 563. The Morgan fingerprint density at radius 3 is 2.60 bits per heavy atom. The third-order valence-electron chi connectivity index (χ3n) is 6.19. The number of nitrogens with one attached hydrogen (secondary N) is 1. The fourth-order valence-electron chi connectivity index (χ4n) is 4.31. The molecule has 1 N–H and O–H groups in total. The second-order valence-corrected chi connectivity index (χ2v) is 7.98. The van der Waals surface area contributed by atoms with Crippen LogP contribution in [0.15, 0.2) is 15.2 Å². The third-order valence-corrected chi connectivity index (χ3v) is 6.58. The van der Waals surface area contributed by atoms with Gasteiger partial charge in [0.05, 0.1) is 0 Å². The van der Waals surface area contributed by atoms with Crippen molar-refractivity contribution in [3.8, 4) is 0 Å². The first kappa shape index (κ1) is 14.2. The first-order valence-corrected chi connectivity index (χ1v) is 8.12. The molecule has 1 aromatic heterocycles. The molecule has 0 aromatic carbocycles. The fraction of sp³-hybridized carbons (Fsp3) is 0.688. The number of carbonyl (C=O) groups is 1. The van der Waals surface area contributed by atoms with Crippen LogP contribution >= 0.6 is 15.9 Å². The number of halogens is 1. The van der Waals surface area contributed by atoms with E-state index < -0.39 is 0 Å². The Balaban J connectivity index is 1.80. The molecule has 1 heterocycles. The molecule has 4 heteroatoms. The van der Waals surface area contributed by atoms with Gasteiger partial charge in [0.2, 0.25) is 0 Å². The lowest BCUT2D eigenvalue weighted by Gasteiger charge is -2.39. The lowest BCUT2D eigenvalue weighted by atomic mass is 9.69. The SMILES string of the molecule is Cc1cc(Br)oc1C(=O)NC1CC2CCC1(C)C2(C)C. The third kappa shape index (κ3) is 1.80. The van der Waals surface area contributed by atoms with Gasteiger partial charge in [0.1, 0.15) is 0 Å². The monoisotopic (exact) mass is 339 g/mol. The van der Waals surface area contributed by atoms with Crippen LogP contribution < -0.4 is 5.32 Å². The van der Waals surface area contributed by atoms with Gasteiger partial charge in [0, 0.05) is 11.6 Å². The summed E-state index contributed by atoms with van der Waals surface area (Å²) in [7, 11) is 0. The molecule has 1 aromatic rings. The van der Waals surface area contributed by atoms with Gasteiger partial charge in [-0.2, -0.15) is 0 Å². The molecular weight excluding hydrogens is 318 g/mol. The highest BCUT2D eigenvalue weighted by Gasteiger charge is 2.61. The van der Waals surface area contributed by atoms with E-state index in [4.69, 9.17) is 4.42 Å². The predicted octanol–water partition coefficient (Wildman–Crippen LogP) is 4.30. The summed E-state index contributed by atoms with van der Waals surface area (Å²) in [5.41, 5.74) is 1.39. The topological polar surface area (TPSA) is 42.2 Å². The van der Waals surface area contributed by atoms with Crippen molar-refractivity contribution in [1.29, 1.82) is 0 Å². The molecule has 110 valence electrons. The highest BCUT2D eigenvalue weighted by atomic mass is 79.9. The van der Waals surface area contributed by atoms with Crippen LogP contribution in [-0.2, 0) is 0 Å². The fourth-order valence-corrected chi connectivity index (χ4v) is 4.82. The quantitative estimate of drug-likeness (QED) is 0.872. The molecule has 3 unspecified atom stereocenters. The lowest BCUT2D eigenvalue weighted by Crippen LogP contribution is -2.46. The average molecular weight is 340 g/mol. The summed E-state index contributed by atoms with van der Waals surface area (Å²) in [5.74, 6) is 1.08. The first-order chi connectivity index (χ1) is 9.25. The Hall–Kier alpha value is -0.770. The Labute approximate surface area is 128 Å². The average Bonchev–Trinajstić information content (AvgIpc) is 2.86. The summed E-state index contributed by atoms with van der Waals surface area (Å²) in [6.07, 6.45) is 3.59. The van der Waals surface area contributed by atoms with E-state index in [1.54, 1.807) is 0 Å². The van der Waals surface area contributed by atoms with Crippen LogP contribution in [0.25, 0.3) is 0 Å². The predicted molar refractivity (Wildman–Crippen MR) is 81.6 cm³/mol. The minimum atomic E-state index is -0.0808. The molecule has 2 fully saturated rings. The zero-order valence-corrected chi connectivity index (χ0v) is 14.1. The molecular formula is C16H22BrNO2. The highest BCUT2D eigenvalue weighted by Crippen LogP contribution is 2.65. The molecule has 2 bridgehead atoms. The van der Waals surface area contributed by atoms with Gasteiger partial charge in [-0.1, -0.05) is 20.8 Å². The molecule has 3 rings (SSSR count). The highest BCUT2D eigenvalue weighted by molar-refractivity contribution is 9.10. The Morgan fingerprint density at radius 1 is 1.45 bits per heavy atom. The van der Waals surface area contributed by atoms with Crippen LogP contribution in [0.4, 0.5) is 0 Å². The van der Waals surface area contributed by atoms with E-state index >= 15 is 0 Å². The van der Waals surface area contributed by atoms with E-state index in [-0.39, 0.29) is 17.4 Å². The molecule has 3 nitrogen and oxygen atoms in total. The van der Waals surface area contributed by atoms with E-state index in [0.717, 1.165) is 17.9 Å². The second kappa shape index (κ2) is 4.36. The maximum absolute atomic E-state index is 12.4. The molecule has 2 aliphatic rings. The molecule has 0 aliphatic heterocycles. The molecule has 0 radical (unpaired) electrons. The molecule has 2 aliphatic carbocycles. The van der Waals surface area contributed by atoms with E-state index in [1.807, 2.05) is 13.0 Å². The van der Waals surface area contributed by atoms with Gasteiger partial charge in [0.25, 0.3) is 5.91 Å². The summed E-state index contributed by atoms with van der Waals surface area (Å²) in [6, 6.07) is 2.09. The smallest absolute Gasteiger partial charge is 0.287 e. The summed E-state index contributed by atoms with van der Waals surface area (Å²) in [6.45, 7) is 8.93. The normalized spacial score (nSPS) is 34.5. The number of amides is 1. The Kier molecular flexibility index (Phi) is 3.09. The van der Waals surface area contributed by atoms with Crippen LogP contribution in [-0.4, -0.2) is 11.9 Å². The first-order valence-electron chi connectivity index (χ1n) is 7.32. The summed E-state index contributed by atoms with van der Waals surface area (Å²) in [5, 5.41) is 3.22.